The lowest BCUT2D eigenvalue weighted by Crippen LogP contribution is -2.69. The molecule has 0 heterocycles. The van der Waals surface area contributed by atoms with Gasteiger partial charge in [-0.1, -0.05) is 27.7 Å². The molecule has 0 aromatic heterocycles. The Morgan fingerprint density at radius 2 is 1.71 bits per heavy atom. The second-order valence-electron chi connectivity index (χ2n) is 14.5. The van der Waals surface area contributed by atoms with Crippen molar-refractivity contribution in [2.75, 3.05) is 14.1 Å². The lowest BCUT2D eigenvalue weighted by Gasteiger charge is -2.62. The molecule has 0 aliphatic heterocycles. The topological polar surface area (TPSA) is 95.7 Å². The number of aliphatic hydroxyl groups is 1. The van der Waals surface area contributed by atoms with Crippen LogP contribution in [0.4, 0.5) is 0 Å². The van der Waals surface area contributed by atoms with E-state index in [-0.39, 0.29) is 63.5 Å². The molecule has 0 unspecified atom stereocenters. The standard InChI is InChI=1S/C29H49N3O3/c1-16(2)24(35)31-21-11-12-28-15-29(28)19(9-10-20(28)27(21,6)30)25(4)13-18(33)23(17(3)32(7)8)26(25,5)14-22(29)34/h16-21,23,33H,9-15,30H2,1-8H3,(H,31,35)/t17-,18+,19-,20-,21-,23-,25-,26+,27-,28+,29+/m0/s1. The van der Waals surface area contributed by atoms with Crippen LogP contribution in [0.15, 0.2) is 0 Å². The zero-order valence-corrected chi connectivity index (χ0v) is 23.3. The molecule has 0 bridgehead atoms. The summed E-state index contributed by atoms with van der Waals surface area (Å²) in [5, 5.41) is 14.7. The summed E-state index contributed by atoms with van der Waals surface area (Å²) in [7, 11) is 4.17. The van der Waals surface area contributed by atoms with Gasteiger partial charge in [0.05, 0.1) is 6.10 Å². The second kappa shape index (κ2) is 7.54. The number of hydrogen-bond acceptors (Lipinski definition) is 5. The van der Waals surface area contributed by atoms with Crippen LogP contribution in [0.2, 0.25) is 0 Å². The fourth-order valence-corrected chi connectivity index (χ4v) is 10.7. The third-order valence-corrected chi connectivity index (χ3v) is 12.8. The first-order valence-corrected chi connectivity index (χ1v) is 14.1. The van der Waals surface area contributed by atoms with Gasteiger partial charge in [0, 0.05) is 41.3 Å². The Morgan fingerprint density at radius 3 is 2.31 bits per heavy atom. The molecule has 35 heavy (non-hydrogen) atoms. The van der Waals surface area contributed by atoms with E-state index in [4.69, 9.17) is 5.73 Å². The molecule has 1 amide bonds. The largest absolute Gasteiger partial charge is 0.393 e. The predicted octanol–water partition coefficient (Wildman–Crippen LogP) is 3.36. The zero-order chi connectivity index (χ0) is 25.9. The van der Waals surface area contributed by atoms with E-state index in [1.165, 1.54) is 0 Å². The Hall–Kier alpha value is -0.980. The summed E-state index contributed by atoms with van der Waals surface area (Å²) >= 11 is 0. The van der Waals surface area contributed by atoms with Crippen LogP contribution in [0.25, 0.3) is 0 Å². The van der Waals surface area contributed by atoms with Crippen LogP contribution < -0.4 is 11.1 Å². The Morgan fingerprint density at radius 1 is 1.09 bits per heavy atom. The SMILES string of the molecule is CC(C)C(=O)N[C@H]1CC[C@]23C[C@@]24C(=O)C[C@]2(C)[C@@H]([C@H](C)N(C)C)[C@H](O)C[C@@]2(C)[C@@H]4CC[C@H]3[C@]1(C)N. The number of aliphatic hydroxyl groups excluding tert-OH is 1. The number of carbonyl (C=O) groups is 2. The van der Waals surface area contributed by atoms with Crippen molar-refractivity contribution >= 4 is 11.7 Å². The Labute approximate surface area is 212 Å². The molecule has 5 aliphatic rings. The molecule has 2 spiro atoms. The first kappa shape index (κ1) is 25.7. The minimum absolute atomic E-state index is 0.0316. The number of Topliss-reactive ketones (excluding diaryl/α,β-unsaturated/α-hetero) is 1. The normalized spacial score (nSPS) is 53.5. The summed E-state index contributed by atoms with van der Waals surface area (Å²) in [4.78, 5) is 29.1. The van der Waals surface area contributed by atoms with Crippen molar-refractivity contribution < 1.29 is 14.7 Å². The number of nitrogens with one attached hydrogen (secondary N) is 1. The van der Waals surface area contributed by atoms with E-state index in [1.807, 2.05) is 13.8 Å². The summed E-state index contributed by atoms with van der Waals surface area (Å²) in [5.41, 5.74) is 6.02. The summed E-state index contributed by atoms with van der Waals surface area (Å²) in [5.74, 6) is 1.10. The molecule has 0 saturated heterocycles. The van der Waals surface area contributed by atoms with Crippen LogP contribution >= 0.6 is 0 Å². The lowest BCUT2D eigenvalue weighted by molar-refractivity contribution is -0.167. The second-order valence-corrected chi connectivity index (χ2v) is 14.5. The van der Waals surface area contributed by atoms with Gasteiger partial charge in [0.25, 0.3) is 0 Å². The quantitative estimate of drug-likeness (QED) is 0.565. The highest BCUT2D eigenvalue weighted by Crippen LogP contribution is 2.87. The number of carbonyl (C=O) groups excluding carboxylic acids is 2. The number of ketones is 1. The van der Waals surface area contributed by atoms with Crippen LogP contribution in [0.3, 0.4) is 0 Å². The summed E-state index contributed by atoms with van der Waals surface area (Å²) in [6.45, 7) is 12.9. The van der Waals surface area contributed by atoms with Gasteiger partial charge in [0.15, 0.2) is 0 Å². The Kier molecular flexibility index (Phi) is 5.53. The van der Waals surface area contributed by atoms with Gasteiger partial charge in [-0.25, -0.2) is 0 Å². The molecular weight excluding hydrogens is 438 g/mol. The van der Waals surface area contributed by atoms with E-state index >= 15 is 0 Å². The van der Waals surface area contributed by atoms with Gasteiger partial charge in [-0.15, -0.1) is 0 Å². The fourth-order valence-electron chi connectivity index (χ4n) is 10.7. The maximum Gasteiger partial charge on any atom is 0.222 e. The highest BCUT2D eigenvalue weighted by molar-refractivity contribution is 5.92. The van der Waals surface area contributed by atoms with E-state index in [9.17, 15) is 14.7 Å². The molecule has 0 aromatic carbocycles. The number of nitrogens with zero attached hydrogens (tertiary/aromatic N) is 1. The van der Waals surface area contributed by atoms with Gasteiger partial charge in [-0.3, -0.25) is 9.59 Å². The van der Waals surface area contributed by atoms with Crippen molar-refractivity contribution in [1.82, 2.24) is 10.2 Å². The number of hydrogen-bond donors (Lipinski definition) is 3. The molecule has 0 radical (unpaired) electrons. The number of rotatable bonds is 4. The van der Waals surface area contributed by atoms with Crippen molar-refractivity contribution in [3.63, 3.8) is 0 Å². The van der Waals surface area contributed by atoms with Crippen molar-refractivity contribution in [2.45, 2.75) is 110 Å². The molecule has 198 valence electrons. The molecule has 4 N–H and O–H groups in total. The molecule has 11 atom stereocenters. The maximum absolute atomic E-state index is 14.3. The molecule has 0 aromatic rings. The highest BCUT2D eigenvalue weighted by Gasteiger charge is 2.86. The summed E-state index contributed by atoms with van der Waals surface area (Å²) in [6.07, 6.45) is 5.78. The molecule has 6 heteroatoms. The van der Waals surface area contributed by atoms with E-state index in [0.717, 1.165) is 38.5 Å². The molecule has 5 aliphatic carbocycles. The van der Waals surface area contributed by atoms with E-state index in [0.29, 0.717) is 18.1 Å². The maximum atomic E-state index is 14.3. The Balaban J connectivity index is 1.49. The first-order chi connectivity index (χ1) is 16.1. The monoisotopic (exact) mass is 487 g/mol. The number of nitrogens with two attached hydrogens (primary N) is 1. The molecular formula is C29H49N3O3. The van der Waals surface area contributed by atoms with Gasteiger partial charge in [0.2, 0.25) is 5.91 Å². The van der Waals surface area contributed by atoms with Gasteiger partial charge < -0.3 is 21.1 Å². The van der Waals surface area contributed by atoms with Gasteiger partial charge in [0.1, 0.15) is 5.78 Å². The first-order valence-electron chi connectivity index (χ1n) is 14.1. The van der Waals surface area contributed by atoms with Crippen molar-refractivity contribution in [2.24, 2.45) is 51.1 Å². The fraction of sp³-hybridized carbons (Fsp3) is 0.931. The van der Waals surface area contributed by atoms with Gasteiger partial charge >= 0.3 is 0 Å². The van der Waals surface area contributed by atoms with Crippen molar-refractivity contribution in [3.05, 3.63) is 0 Å². The molecule has 5 rings (SSSR count). The average Bonchev–Trinajstić information content (AvgIpc) is 3.38. The third kappa shape index (κ3) is 2.94. The van der Waals surface area contributed by atoms with Crippen LogP contribution in [-0.4, -0.2) is 59.5 Å². The Bertz CT molecular complexity index is 932. The van der Waals surface area contributed by atoms with Crippen LogP contribution in [0, 0.1) is 45.3 Å². The zero-order valence-electron chi connectivity index (χ0n) is 23.3. The number of amides is 1. The average molecular weight is 488 g/mol. The summed E-state index contributed by atoms with van der Waals surface area (Å²) < 4.78 is 0. The lowest BCUT2D eigenvalue weighted by atomic mass is 9.42. The van der Waals surface area contributed by atoms with Crippen LogP contribution in [0.1, 0.15) is 86.5 Å². The minimum atomic E-state index is -0.517. The predicted molar refractivity (Wildman–Crippen MR) is 137 cm³/mol. The third-order valence-electron chi connectivity index (χ3n) is 12.8. The van der Waals surface area contributed by atoms with E-state index in [1.54, 1.807) is 0 Å². The van der Waals surface area contributed by atoms with E-state index in [2.05, 4.69) is 52.0 Å². The van der Waals surface area contributed by atoms with Crippen molar-refractivity contribution in [3.8, 4) is 0 Å². The molecule has 5 fully saturated rings. The molecule has 5 saturated carbocycles. The minimum Gasteiger partial charge on any atom is -0.393 e. The van der Waals surface area contributed by atoms with E-state index < -0.39 is 5.54 Å². The van der Waals surface area contributed by atoms with Crippen molar-refractivity contribution in [1.29, 1.82) is 0 Å². The van der Waals surface area contributed by atoms with Crippen LogP contribution in [-0.2, 0) is 9.59 Å². The molecule has 6 nitrogen and oxygen atoms in total. The smallest absolute Gasteiger partial charge is 0.222 e. The van der Waals surface area contributed by atoms with Gasteiger partial charge in [-0.2, -0.15) is 0 Å². The van der Waals surface area contributed by atoms with Crippen LogP contribution in [0.5, 0.6) is 0 Å². The number of fused-ring (bicyclic) bond motifs is 2. The highest BCUT2D eigenvalue weighted by atomic mass is 16.3. The van der Waals surface area contributed by atoms with Gasteiger partial charge in [-0.05, 0) is 94.5 Å². The summed E-state index contributed by atoms with van der Waals surface area (Å²) in [6, 6.07) is 0.177.